The van der Waals surface area contributed by atoms with Gasteiger partial charge in [0.2, 0.25) is 5.88 Å². The van der Waals surface area contributed by atoms with Crippen LogP contribution in [0.3, 0.4) is 0 Å². The molecule has 0 fully saturated rings. The highest BCUT2D eigenvalue weighted by Gasteiger charge is 2.28. The lowest BCUT2D eigenvalue weighted by Crippen LogP contribution is -2.27. The minimum atomic E-state index is -4.11. The summed E-state index contributed by atoms with van der Waals surface area (Å²) in [5.74, 6) is -0.183. The lowest BCUT2D eigenvalue weighted by Gasteiger charge is -2.21. The lowest BCUT2D eigenvalue weighted by atomic mass is 10.2. The maximum Gasteiger partial charge on any atom is 0.267 e. The zero-order chi connectivity index (χ0) is 21.5. The molecule has 2 aromatic heterocycles. The van der Waals surface area contributed by atoms with Crippen LogP contribution in [0.5, 0.6) is 11.6 Å². The second kappa shape index (κ2) is 7.60. The zero-order valence-electron chi connectivity index (χ0n) is 16.7. The van der Waals surface area contributed by atoms with Crippen molar-refractivity contribution in [1.29, 1.82) is 0 Å². The number of aromatic nitrogens is 3. The molecule has 0 aliphatic carbocycles. The van der Waals surface area contributed by atoms with Crippen LogP contribution in [0, 0.1) is 5.82 Å². The monoisotopic (exact) mass is 432 g/mol. The van der Waals surface area contributed by atoms with Crippen LogP contribution in [-0.4, -0.2) is 43.4 Å². The summed E-state index contributed by atoms with van der Waals surface area (Å²) in [6, 6.07) is 6.91. The normalized spacial score (nSPS) is 15.5. The van der Waals surface area contributed by atoms with Crippen molar-refractivity contribution >= 4 is 15.7 Å². The maximum absolute atomic E-state index is 13.8. The Bertz CT molecular complexity index is 1200. The van der Waals surface area contributed by atoms with Gasteiger partial charge in [-0.2, -0.15) is 5.10 Å². The number of ether oxygens (including phenoxy) is 2. The van der Waals surface area contributed by atoms with Gasteiger partial charge in [0.05, 0.1) is 35.8 Å². The highest BCUT2D eigenvalue weighted by atomic mass is 32.2. The molecule has 3 heterocycles. The highest BCUT2D eigenvalue weighted by Crippen LogP contribution is 2.37. The smallest absolute Gasteiger partial charge is 0.267 e. The number of hydrogen-bond acceptors (Lipinski definition) is 6. The largest absolute Gasteiger partial charge is 0.492 e. The molecule has 158 valence electrons. The molecule has 3 aromatic rings. The van der Waals surface area contributed by atoms with Crippen LogP contribution in [0.2, 0.25) is 0 Å². The molecule has 4 rings (SSSR count). The Hall–Kier alpha value is -3.14. The van der Waals surface area contributed by atoms with Crippen molar-refractivity contribution in [2.75, 3.05) is 24.6 Å². The van der Waals surface area contributed by atoms with Crippen molar-refractivity contribution < 1.29 is 22.3 Å². The van der Waals surface area contributed by atoms with Crippen LogP contribution in [0.15, 0.2) is 47.6 Å². The molecular weight excluding hydrogens is 411 g/mol. The van der Waals surface area contributed by atoms with Crippen LogP contribution in [0.4, 0.5) is 10.1 Å². The Morgan fingerprint density at radius 3 is 2.90 bits per heavy atom. The first-order chi connectivity index (χ1) is 14.3. The molecule has 0 unspecified atom stereocenters. The average molecular weight is 432 g/mol. The Morgan fingerprint density at radius 2 is 2.13 bits per heavy atom. The molecule has 1 aliphatic heterocycles. The molecule has 0 radical (unpaired) electrons. The molecule has 0 N–H and O–H groups in total. The molecule has 10 heteroatoms. The summed E-state index contributed by atoms with van der Waals surface area (Å²) in [6.07, 6.45) is 3.09. The first kappa shape index (κ1) is 20.1. The predicted molar refractivity (Wildman–Crippen MR) is 109 cm³/mol. The fourth-order valence-corrected chi connectivity index (χ4v) is 4.62. The molecule has 1 aromatic carbocycles. The number of fused-ring (bicyclic) bond motifs is 3. The molecular formula is C20H21FN4O4S. The van der Waals surface area contributed by atoms with Crippen LogP contribution in [0.1, 0.15) is 19.9 Å². The van der Waals surface area contributed by atoms with E-state index in [0.29, 0.717) is 23.7 Å². The standard InChI is InChI=1S/C20H21FN4O4S/c1-4-28-18-6-5-14(21)9-19(18)30(26,27)24(3)15-10-16-17-7-8-23-25(17)13(2)12-29-20(16)22-11-15/h5-11,13H,4,12H2,1-3H3/t13-/m0/s1. The Balaban J connectivity index is 1.79. The van der Waals surface area contributed by atoms with Crippen LogP contribution in [-0.2, 0) is 10.0 Å². The SMILES string of the molecule is CCOc1ccc(F)cc1S(=O)(=O)N(C)c1cnc2c(c1)-c1ccnn1[C@@H](C)CO2. The third-order valence-electron chi connectivity index (χ3n) is 4.87. The number of halogens is 1. The van der Waals surface area contributed by atoms with E-state index in [1.807, 2.05) is 17.7 Å². The topological polar surface area (TPSA) is 86.6 Å². The van der Waals surface area contributed by atoms with Gasteiger partial charge >= 0.3 is 0 Å². The third kappa shape index (κ3) is 3.36. The average Bonchev–Trinajstić information content (AvgIpc) is 3.18. The molecule has 8 nitrogen and oxygen atoms in total. The molecule has 0 saturated carbocycles. The Kier molecular flexibility index (Phi) is 5.10. The Labute approximate surface area is 173 Å². The van der Waals surface area contributed by atoms with E-state index in [-0.39, 0.29) is 23.3 Å². The number of rotatable bonds is 5. The number of sulfonamides is 1. The molecule has 30 heavy (non-hydrogen) atoms. The summed E-state index contributed by atoms with van der Waals surface area (Å²) in [6.45, 7) is 4.34. The second-order valence-corrected chi connectivity index (χ2v) is 8.80. The number of anilines is 1. The minimum absolute atomic E-state index is 0.00448. The van der Waals surface area contributed by atoms with Gasteiger partial charge in [-0.3, -0.25) is 8.99 Å². The summed E-state index contributed by atoms with van der Waals surface area (Å²) in [5.41, 5.74) is 1.70. The van der Waals surface area contributed by atoms with Crippen molar-refractivity contribution in [1.82, 2.24) is 14.8 Å². The van der Waals surface area contributed by atoms with Gasteiger partial charge in [0, 0.05) is 13.2 Å². The fraction of sp³-hybridized carbons (Fsp3) is 0.300. The van der Waals surface area contributed by atoms with Crippen molar-refractivity contribution in [3.63, 3.8) is 0 Å². The summed E-state index contributed by atoms with van der Waals surface area (Å²) in [7, 11) is -2.73. The van der Waals surface area contributed by atoms with Crippen LogP contribution < -0.4 is 13.8 Å². The third-order valence-corrected chi connectivity index (χ3v) is 6.68. The molecule has 0 saturated heterocycles. The quantitative estimate of drug-likeness (QED) is 0.615. The Morgan fingerprint density at radius 1 is 1.33 bits per heavy atom. The van der Waals surface area contributed by atoms with Crippen molar-refractivity contribution in [2.24, 2.45) is 0 Å². The van der Waals surface area contributed by atoms with E-state index in [1.54, 1.807) is 19.2 Å². The second-order valence-electron chi connectivity index (χ2n) is 6.86. The molecule has 0 amide bonds. The number of benzene rings is 1. The first-order valence-corrected chi connectivity index (χ1v) is 10.8. The number of hydrogen-bond donors (Lipinski definition) is 0. The summed E-state index contributed by atoms with van der Waals surface area (Å²) in [5, 5.41) is 4.33. The summed E-state index contributed by atoms with van der Waals surface area (Å²) >= 11 is 0. The summed E-state index contributed by atoms with van der Waals surface area (Å²) < 4.78 is 54.4. The molecule has 1 aliphatic rings. The van der Waals surface area contributed by atoms with Crippen molar-refractivity contribution in [2.45, 2.75) is 24.8 Å². The lowest BCUT2D eigenvalue weighted by molar-refractivity contribution is 0.252. The van der Waals surface area contributed by atoms with E-state index in [2.05, 4.69) is 10.1 Å². The minimum Gasteiger partial charge on any atom is -0.492 e. The van der Waals surface area contributed by atoms with Gasteiger partial charge in [0.25, 0.3) is 10.0 Å². The van der Waals surface area contributed by atoms with Gasteiger partial charge in [-0.05, 0) is 44.2 Å². The van der Waals surface area contributed by atoms with Gasteiger partial charge in [-0.15, -0.1) is 0 Å². The molecule has 1 atom stereocenters. The van der Waals surface area contributed by atoms with E-state index in [4.69, 9.17) is 9.47 Å². The van der Waals surface area contributed by atoms with E-state index in [9.17, 15) is 12.8 Å². The van der Waals surface area contributed by atoms with Gasteiger partial charge in [-0.25, -0.2) is 17.8 Å². The first-order valence-electron chi connectivity index (χ1n) is 9.41. The summed E-state index contributed by atoms with van der Waals surface area (Å²) in [4.78, 5) is 4.07. The molecule has 0 spiro atoms. The van der Waals surface area contributed by atoms with E-state index >= 15 is 0 Å². The molecule has 0 bridgehead atoms. The number of pyridine rings is 1. The maximum atomic E-state index is 13.8. The predicted octanol–water partition coefficient (Wildman–Crippen LogP) is 3.26. The number of nitrogens with zero attached hydrogens (tertiary/aromatic N) is 4. The van der Waals surface area contributed by atoms with Crippen molar-refractivity contribution in [3.05, 3.63) is 48.5 Å². The zero-order valence-corrected chi connectivity index (χ0v) is 17.6. The van der Waals surface area contributed by atoms with Gasteiger partial charge in [-0.1, -0.05) is 0 Å². The van der Waals surface area contributed by atoms with Crippen LogP contribution >= 0.6 is 0 Å². The van der Waals surface area contributed by atoms with Crippen LogP contribution in [0.25, 0.3) is 11.3 Å². The van der Waals surface area contributed by atoms with Gasteiger partial charge in [0.1, 0.15) is 23.1 Å². The highest BCUT2D eigenvalue weighted by molar-refractivity contribution is 7.92. The fourth-order valence-electron chi connectivity index (χ4n) is 3.31. The van der Waals surface area contributed by atoms with Gasteiger partial charge < -0.3 is 9.47 Å². The van der Waals surface area contributed by atoms with Crippen molar-refractivity contribution in [3.8, 4) is 22.9 Å². The van der Waals surface area contributed by atoms with E-state index in [1.165, 1.54) is 19.3 Å². The van der Waals surface area contributed by atoms with E-state index < -0.39 is 15.8 Å². The van der Waals surface area contributed by atoms with Gasteiger partial charge in [0.15, 0.2) is 0 Å². The van der Waals surface area contributed by atoms with E-state index in [0.717, 1.165) is 22.1 Å².